The van der Waals surface area contributed by atoms with Crippen LogP contribution in [0.3, 0.4) is 0 Å². The van der Waals surface area contributed by atoms with E-state index < -0.39 is 6.04 Å². The Bertz CT molecular complexity index is 1050. The smallest absolute Gasteiger partial charge is 0.237 e. The molecule has 0 radical (unpaired) electrons. The van der Waals surface area contributed by atoms with Crippen LogP contribution in [0.2, 0.25) is 0 Å². The molecule has 3 aliphatic rings. The number of aryl methyl sites for hydroxylation is 1. The van der Waals surface area contributed by atoms with Gasteiger partial charge in [-0.15, -0.1) is 12.4 Å². The zero-order valence-electron chi connectivity index (χ0n) is 21.2. The number of hydrogen-bond acceptors (Lipinski definition) is 4. The van der Waals surface area contributed by atoms with E-state index in [0.717, 1.165) is 50.5 Å². The number of phenolic OH excluding ortho intramolecular Hbond substituents is 1. The molecule has 1 amide bonds. The van der Waals surface area contributed by atoms with Crippen molar-refractivity contribution >= 4 is 18.3 Å². The Morgan fingerprint density at radius 3 is 2.75 bits per heavy atom. The highest BCUT2D eigenvalue weighted by molar-refractivity contribution is 5.85. The first kappa shape index (κ1) is 27.0. The van der Waals surface area contributed by atoms with E-state index in [-0.39, 0.29) is 29.8 Å². The molecular weight excluding hydrogens is 472 g/mol. The lowest BCUT2D eigenvalue weighted by Gasteiger charge is -2.50. The monoisotopic (exact) mass is 512 g/mol. The van der Waals surface area contributed by atoms with Gasteiger partial charge >= 0.3 is 0 Å². The van der Waals surface area contributed by atoms with Crippen molar-refractivity contribution in [1.29, 1.82) is 0 Å². The van der Waals surface area contributed by atoms with Gasteiger partial charge in [0.1, 0.15) is 5.75 Å². The Morgan fingerprint density at radius 1 is 1.19 bits per heavy atom. The first-order chi connectivity index (χ1) is 16.9. The Balaban J connectivity index is 0.00000304. The fourth-order valence-corrected chi connectivity index (χ4v) is 7.66. The minimum Gasteiger partial charge on any atom is -0.508 e. The lowest BCUT2D eigenvalue weighted by molar-refractivity contribution is -0.122. The Hall–Kier alpha value is -2.08. The lowest BCUT2D eigenvalue weighted by atomic mass is 9.55. The fraction of sp³-hybridized carbons (Fsp3) is 0.567. The third-order valence-corrected chi connectivity index (χ3v) is 9.51. The van der Waals surface area contributed by atoms with Gasteiger partial charge < -0.3 is 21.3 Å². The van der Waals surface area contributed by atoms with Gasteiger partial charge in [-0.1, -0.05) is 43.3 Å². The summed E-state index contributed by atoms with van der Waals surface area (Å²) in [5.41, 5.74) is 9.90. The second kappa shape index (κ2) is 11.1. The fourth-order valence-electron chi connectivity index (χ4n) is 7.66. The van der Waals surface area contributed by atoms with E-state index >= 15 is 0 Å². The van der Waals surface area contributed by atoms with Crippen LogP contribution < -0.4 is 11.1 Å². The number of phenols is 1. The van der Waals surface area contributed by atoms with Gasteiger partial charge in [0.15, 0.2) is 0 Å². The highest BCUT2D eigenvalue weighted by Crippen LogP contribution is 2.62. The predicted octanol–water partition coefficient (Wildman–Crippen LogP) is 4.72. The minimum absolute atomic E-state index is 0. The lowest BCUT2D eigenvalue weighted by Crippen LogP contribution is -2.44. The van der Waals surface area contributed by atoms with Crippen molar-refractivity contribution in [3.05, 3.63) is 65.2 Å². The van der Waals surface area contributed by atoms with Crippen molar-refractivity contribution in [3.63, 3.8) is 0 Å². The maximum atomic E-state index is 12.4. The van der Waals surface area contributed by atoms with E-state index in [2.05, 4.69) is 18.3 Å². The van der Waals surface area contributed by atoms with Crippen LogP contribution in [-0.4, -0.2) is 34.8 Å². The van der Waals surface area contributed by atoms with Gasteiger partial charge in [-0.05, 0) is 109 Å². The van der Waals surface area contributed by atoms with E-state index in [1.54, 1.807) is 0 Å². The molecule has 3 aliphatic carbocycles. The van der Waals surface area contributed by atoms with Crippen LogP contribution in [0.25, 0.3) is 0 Å². The summed E-state index contributed by atoms with van der Waals surface area (Å²) < 4.78 is 0. The van der Waals surface area contributed by atoms with Crippen molar-refractivity contribution in [2.75, 3.05) is 6.54 Å². The second-order valence-corrected chi connectivity index (χ2v) is 11.5. The van der Waals surface area contributed by atoms with E-state index in [9.17, 15) is 15.0 Å². The molecule has 0 saturated heterocycles. The van der Waals surface area contributed by atoms with Crippen molar-refractivity contribution < 1.29 is 15.0 Å². The van der Waals surface area contributed by atoms with Crippen LogP contribution in [0.15, 0.2) is 48.5 Å². The molecule has 0 bridgehead atoms. The van der Waals surface area contributed by atoms with Crippen molar-refractivity contribution in [2.45, 2.75) is 76.4 Å². The van der Waals surface area contributed by atoms with Crippen molar-refractivity contribution in [2.24, 2.45) is 28.9 Å². The molecule has 0 aromatic heterocycles. The summed E-state index contributed by atoms with van der Waals surface area (Å²) in [4.78, 5) is 12.4. The zero-order valence-corrected chi connectivity index (χ0v) is 22.1. The molecular formula is C30H41ClN2O3. The molecule has 2 aromatic carbocycles. The summed E-state index contributed by atoms with van der Waals surface area (Å²) in [6.07, 6.45) is 7.49. The molecule has 3 unspecified atom stereocenters. The van der Waals surface area contributed by atoms with Crippen molar-refractivity contribution in [3.8, 4) is 5.75 Å². The number of hydrogen-bond donors (Lipinski definition) is 4. The van der Waals surface area contributed by atoms with Crippen LogP contribution in [0, 0.1) is 23.2 Å². The number of amides is 1. The quantitative estimate of drug-likeness (QED) is 0.403. The first-order valence-corrected chi connectivity index (χ1v) is 13.4. The van der Waals surface area contributed by atoms with Gasteiger partial charge in [-0.25, -0.2) is 0 Å². The average molecular weight is 513 g/mol. The van der Waals surface area contributed by atoms with E-state index in [4.69, 9.17) is 5.73 Å². The zero-order chi connectivity index (χ0) is 24.6. The number of aromatic hydroxyl groups is 1. The number of aliphatic hydroxyl groups is 1. The standard InChI is InChI=1S/C30H40N2O3.ClH/c1-30-14-13-24-23-12-10-22(33)17-20(23)9-11-25(24)26(30)18-21(28(30)34)8-5-15-32-29(35)27(31)16-19-6-3-2-4-7-19;/h2-4,6-7,10,12,17,21,24-28,33-34H,5,8-9,11,13-16,18,31H2,1H3,(H,32,35);1H/t21-,24?,25?,26?,27-,28-,30-;/m0./s1. The number of aliphatic hydroxyl groups excluding tert-OH is 1. The molecule has 0 heterocycles. The number of nitrogens with two attached hydrogens (primary N) is 1. The third-order valence-electron chi connectivity index (χ3n) is 9.51. The largest absolute Gasteiger partial charge is 0.508 e. The predicted molar refractivity (Wildman–Crippen MR) is 145 cm³/mol. The number of carbonyl (C=O) groups is 1. The molecule has 0 spiro atoms. The van der Waals surface area contributed by atoms with Gasteiger partial charge in [0, 0.05) is 6.54 Å². The first-order valence-electron chi connectivity index (χ1n) is 13.4. The van der Waals surface area contributed by atoms with Gasteiger partial charge in [-0.2, -0.15) is 0 Å². The van der Waals surface area contributed by atoms with Crippen LogP contribution in [0.4, 0.5) is 0 Å². The van der Waals surface area contributed by atoms with Crippen LogP contribution >= 0.6 is 12.4 Å². The van der Waals surface area contributed by atoms with E-state index in [1.807, 2.05) is 42.5 Å². The summed E-state index contributed by atoms with van der Waals surface area (Å²) in [6.45, 7) is 2.92. The second-order valence-electron chi connectivity index (χ2n) is 11.5. The summed E-state index contributed by atoms with van der Waals surface area (Å²) in [6, 6.07) is 15.3. The SMILES string of the molecule is C[C@]12CCC3c4ccc(O)cc4CCC3C1C[C@H](CCCNC(=O)[C@@H](N)Cc1ccccc1)[C@@H]2O.Cl. The molecule has 0 aliphatic heterocycles. The Kier molecular flexibility index (Phi) is 8.33. The number of rotatable bonds is 7. The third kappa shape index (κ3) is 5.16. The molecule has 5 rings (SSSR count). The number of nitrogens with one attached hydrogen (secondary N) is 1. The summed E-state index contributed by atoms with van der Waals surface area (Å²) in [5.74, 6) is 2.26. The summed E-state index contributed by atoms with van der Waals surface area (Å²) >= 11 is 0. The highest BCUT2D eigenvalue weighted by Gasteiger charge is 2.57. The number of benzene rings is 2. The number of carbonyl (C=O) groups excluding carboxylic acids is 1. The summed E-state index contributed by atoms with van der Waals surface area (Å²) in [7, 11) is 0. The molecule has 196 valence electrons. The van der Waals surface area contributed by atoms with Crippen LogP contribution in [0.5, 0.6) is 5.75 Å². The molecule has 2 aromatic rings. The van der Waals surface area contributed by atoms with Gasteiger partial charge in [0.2, 0.25) is 5.91 Å². The molecule has 5 nitrogen and oxygen atoms in total. The Morgan fingerprint density at radius 2 is 1.97 bits per heavy atom. The normalized spacial score (nSPS) is 31.4. The number of halogens is 1. The van der Waals surface area contributed by atoms with Gasteiger partial charge in [0.05, 0.1) is 12.1 Å². The molecule has 2 saturated carbocycles. The molecule has 36 heavy (non-hydrogen) atoms. The maximum absolute atomic E-state index is 12.4. The molecule has 6 heteroatoms. The van der Waals surface area contributed by atoms with Gasteiger partial charge in [0.25, 0.3) is 0 Å². The van der Waals surface area contributed by atoms with E-state index in [0.29, 0.717) is 42.4 Å². The molecule has 7 atom stereocenters. The number of fused-ring (bicyclic) bond motifs is 5. The Labute approximate surface area is 221 Å². The average Bonchev–Trinajstić information content (AvgIpc) is 3.12. The molecule has 5 N–H and O–H groups in total. The maximum Gasteiger partial charge on any atom is 0.237 e. The topological polar surface area (TPSA) is 95.6 Å². The minimum atomic E-state index is -0.538. The van der Waals surface area contributed by atoms with E-state index in [1.165, 1.54) is 11.1 Å². The van der Waals surface area contributed by atoms with Gasteiger partial charge in [-0.3, -0.25) is 4.79 Å². The van der Waals surface area contributed by atoms with Crippen molar-refractivity contribution in [1.82, 2.24) is 5.32 Å². The highest BCUT2D eigenvalue weighted by atomic mass is 35.5. The van der Waals surface area contributed by atoms with Crippen LogP contribution in [-0.2, 0) is 17.6 Å². The summed E-state index contributed by atoms with van der Waals surface area (Å²) in [5, 5.41) is 24.3. The van der Waals surface area contributed by atoms with Crippen LogP contribution in [0.1, 0.15) is 68.1 Å². The molecule has 2 fully saturated rings.